The molecule has 0 aliphatic rings. The van der Waals surface area contributed by atoms with Crippen LogP contribution in [0.5, 0.6) is 5.75 Å². The van der Waals surface area contributed by atoms with Crippen molar-refractivity contribution < 1.29 is 9.53 Å². The molecule has 35 heavy (non-hydrogen) atoms. The fourth-order valence-electron chi connectivity index (χ4n) is 3.30. The van der Waals surface area contributed by atoms with Gasteiger partial charge in [-0.15, -0.1) is 0 Å². The number of methoxy groups -OCH3 is 1. The van der Waals surface area contributed by atoms with Crippen molar-refractivity contribution in [3.05, 3.63) is 89.2 Å². The number of aromatic nitrogens is 2. The van der Waals surface area contributed by atoms with Crippen molar-refractivity contribution >= 4 is 52.0 Å². The Labute approximate surface area is 208 Å². The molecule has 3 aromatic carbocycles. The number of nitrogens with zero attached hydrogens (tertiary/aromatic N) is 2. The summed E-state index contributed by atoms with van der Waals surface area (Å²) in [5, 5.41) is 12.5. The summed E-state index contributed by atoms with van der Waals surface area (Å²) in [5.74, 6) is 2.52. The normalized spacial score (nSPS) is 10.4. The summed E-state index contributed by atoms with van der Waals surface area (Å²) in [5.41, 5.74) is 4.15. The second-order valence-corrected chi connectivity index (χ2v) is 8.21. The molecule has 0 saturated heterocycles. The molecule has 0 saturated carbocycles. The van der Waals surface area contributed by atoms with Crippen LogP contribution in [0.25, 0.3) is 0 Å². The fraction of sp³-hybridized carbons (Fsp3) is 0.115. The molecule has 1 aromatic heterocycles. The third-order valence-electron chi connectivity index (χ3n) is 4.99. The highest BCUT2D eigenvalue weighted by molar-refractivity contribution is 6.32. The fourth-order valence-corrected chi connectivity index (χ4v) is 3.56. The minimum Gasteiger partial charge on any atom is -0.495 e. The van der Waals surface area contributed by atoms with Crippen molar-refractivity contribution in [3.8, 4) is 5.75 Å². The van der Waals surface area contributed by atoms with E-state index in [-0.39, 0.29) is 6.03 Å². The lowest BCUT2D eigenvalue weighted by Crippen LogP contribution is -2.19. The minimum absolute atomic E-state index is 0.384. The largest absolute Gasteiger partial charge is 0.495 e. The molecule has 4 N–H and O–H groups in total. The monoisotopic (exact) mass is 488 g/mol. The third kappa shape index (κ3) is 6.61. The topological polar surface area (TPSA) is 100 Å². The number of nitrogens with one attached hydrogen (secondary N) is 4. The van der Waals surface area contributed by atoms with Crippen LogP contribution in [0.3, 0.4) is 0 Å². The molecule has 8 nitrogen and oxygen atoms in total. The Bertz CT molecular complexity index is 1330. The van der Waals surface area contributed by atoms with Crippen LogP contribution in [0.2, 0.25) is 5.02 Å². The highest BCUT2D eigenvalue weighted by Gasteiger charge is 2.07. The van der Waals surface area contributed by atoms with E-state index in [1.54, 1.807) is 30.3 Å². The van der Waals surface area contributed by atoms with Gasteiger partial charge in [-0.25, -0.2) is 14.8 Å². The number of ether oxygens (including phenoxy) is 1. The van der Waals surface area contributed by atoms with Gasteiger partial charge in [0, 0.05) is 28.8 Å². The number of hydrogen-bond donors (Lipinski definition) is 4. The Morgan fingerprint density at radius 1 is 0.743 bits per heavy atom. The van der Waals surface area contributed by atoms with E-state index in [0.29, 0.717) is 39.6 Å². The number of halogens is 1. The SMILES string of the molecule is COc1ccc(NC(=O)Nc2ccc(Nc3cc(Nc4ccc(C)cc4)nc(C)n3)cc2)cc1Cl. The van der Waals surface area contributed by atoms with Gasteiger partial charge in [0.1, 0.15) is 23.2 Å². The summed E-state index contributed by atoms with van der Waals surface area (Å²) < 4.78 is 5.12. The average molecular weight is 489 g/mol. The van der Waals surface area contributed by atoms with Crippen LogP contribution in [-0.2, 0) is 0 Å². The highest BCUT2D eigenvalue weighted by atomic mass is 35.5. The first-order chi connectivity index (χ1) is 16.9. The first-order valence-corrected chi connectivity index (χ1v) is 11.2. The Morgan fingerprint density at radius 2 is 1.26 bits per heavy atom. The van der Waals surface area contributed by atoms with Gasteiger partial charge in [-0.3, -0.25) is 0 Å². The van der Waals surface area contributed by atoms with Crippen LogP contribution in [0.15, 0.2) is 72.8 Å². The molecule has 0 unspecified atom stereocenters. The first-order valence-electron chi connectivity index (χ1n) is 10.9. The minimum atomic E-state index is -0.384. The quantitative estimate of drug-likeness (QED) is 0.226. The zero-order valence-electron chi connectivity index (χ0n) is 19.5. The molecule has 2 amide bonds. The highest BCUT2D eigenvalue weighted by Crippen LogP contribution is 2.27. The Hall–Kier alpha value is -4.30. The van der Waals surface area contributed by atoms with Crippen molar-refractivity contribution in [2.24, 2.45) is 0 Å². The maximum absolute atomic E-state index is 12.3. The molecule has 1 heterocycles. The second-order valence-electron chi connectivity index (χ2n) is 7.81. The van der Waals surface area contributed by atoms with Crippen LogP contribution >= 0.6 is 11.6 Å². The zero-order chi connectivity index (χ0) is 24.8. The van der Waals surface area contributed by atoms with Gasteiger partial charge in [-0.1, -0.05) is 29.3 Å². The lowest BCUT2D eigenvalue weighted by Gasteiger charge is -2.12. The summed E-state index contributed by atoms with van der Waals surface area (Å²) in [6.45, 7) is 3.89. The molecule has 0 radical (unpaired) electrons. The number of carbonyl (C=O) groups excluding carboxylic acids is 1. The lowest BCUT2D eigenvalue weighted by atomic mass is 10.2. The molecule has 4 aromatic rings. The third-order valence-corrected chi connectivity index (χ3v) is 5.28. The van der Waals surface area contributed by atoms with Crippen molar-refractivity contribution in [1.82, 2.24) is 9.97 Å². The molecule has 0 bridgehead atoms. The van der Waals surface area contributed by atoms with Crippen LogP contribution in [0.1, 0.15) is 11.4 Å². The first kappa shape index (κ1) is 23.8. The molecule has 9 heteroatoms. The van der Waals surface area contributed by atoms with Crippen molar-refractivity contribution in [3.63, 3.8) is 0 Å². The predicted octanol–water partition coefficient (Wildman–Crippen LogP) is 6.89. The number of urea groups is 1. The molecule has 0 aliphatic carbocycles. The van der Waals surface area contributed by atoms with Gasteiger partial charge in [0.2, 0.25) is 0 Å². The van der Waals surface area contributed by atoms with Crippen molar-refractivity contribution in [2.45, 2.75) is 13.8 Å². The van der Waals surface area contributed by atoms with Crippen LogP contribution in [-0.4, -0.2) is 23.1 Å². The van der Waals surface area contributed by atoms with E-state index in [0.717, 1.165) is 11.4 Å². The standard InChI is InChI=1S/C26H25ClN6O2/c1-16-4-6-18(7-5-16)30-24-15-25(29-17(2)28-24)31-19-8-10-20(11-9-19)32-26(34)33-21-12-13-23(35-3)22(27)14-21/h4-15H,1-3H3,(H2,32,33,34)(H2,28,29,30,31). The molecule has 0 fully saturated rings. The summed E-state index contributed by atoms with van der Waals surface area (Å²) in [6, 6.07) is 21.9. The summed E-state index contributed by atoms with van der Waals surface area (Å²) in [6.07, 6.45) is 0. The van der Waals surface area contributed by atoms with Gasteiger partial charge in [0.25, 0.3) is 0 Å². The molecule has 4 rings (SSSR count). The average Bonchev–Trinajstić information content (AvgIpc) is 2.82. The lowest BCUT2D eigenvalue weighted by molar-refractivity contribution is 0.262. The molecule has 0 spiro atoms. The smallest absolute Gasteiger partial charge is 0.323 e. The van der Waals surface area contributed by atoms with E-state index in [1.807, 2.05) is 56.3 Å². The van der Waals surface area contributed by atoms with Gasteiger partial charge < -0.3 is 26.0 Å². The maximum atomic E-state index is 12.3. The van der Waals surface area contributed by atoms with E-state index in [9.17, 15) is 4.79 Å². The number of aryl methyl sites for hydroxylation is 2. The number of anilines is 6. The van der Waals surface area contributed by atoms with Crippen molar-refractivity contribution in [2.75, 3.05) is 28.4 Å². The number of rotatable bonds is 7. The van der Waals surface area contributed by atoms with E-state index >= 15 is 0 Å². The van der Waals surface area contributed by atoms with Crippen LogP contribution in [0, 0.1) is 13.8 Å². The molecular formula is C26H25ClN6O2. The molecule has 178 valence electrons. The second kappa shape index (κ2) is 10.8. The molecule has 0 atom stereocenters. The van der Waals surface area contributed by atoms with E-state index in [1.165, 1.54) is 12.7 Å². The Balaban J connectivity index is 1.37. The zero-order valence-corrected chi connectivity index (χ0v) is 20.3. The maximum Gasteiger partial charge on any atom is 0.323 e. The number of benzene rings is 3. The van der Waals surface area contributed by atoms with Gasteiger partial charge in [-0.05, 0) is 68.4 Å². The van der Waals surface area contributed by atoms with Crippen LogP contribution < -0.4 is 26.0 Å². The Morgan fingerprint density at radius 3 is 1.83 bits per heavy atom. The van der Waals surface area contributed by atoms with Crippen molar-refractivity contribution in [1.29, 1.82) is 0 Å². The predicted molar refractivity (Wildman–Crippen MR) is 142 cm³/mol. The van der Waals surface area contributed by atoms with E-state index in [4.69, 9.17) is 16.3 Å². The van der Waals surface area contributed by atoms with Gasteiger partial charge in [-0.2, -0.15) is 0 Å². The summed E-state index contributed by atoms with van der Waals surface area (Å²) in [7, 11) is 1.53. The van der Waals surface area contributed by atoms with Gasteiger partial charge in [0.15, 0.2) is 0 Å². The number of hydrogen-bond acceptors (Lipinski definition) is 6. The Kier molecular flexibility index (Phi) is 7.32. The van der Waals surface area contributed by atoms with E-state index < -0.39 is 0 Å². The summed E-state index contributed by atoms with van der Waals surface area (Å²) >= 11 is 6.11. The molecule has 0 aliphatic heterocycles. The van der Waals surface area contributed by atoms with Crippen LogP contribution in [0.4, 0.5) is 39.2 Å². The van der Waals surface area contributed by atoms with Gasteiger partial charge in [0.05, 0.1) is 12.1 Å². The molecular weight excluding hydrogens is 464 g/mol. The van der Waals surface area contributed by atoms with E-state index in [2.05, 4.69) is 31.2 Å². The number of amides is 2. The number of carbonyl (C=O) groups is 1. The van der Waals surface area contributed by atoms with Gasteiger partial charge >= 0.3 is 6.03 Å². The summed E-state index contributed by atoms with van der Waals surface area (Å²) in [4.78, 5) is 21.2.